The van der Waals surface area contributed by atoms with E-state index in [1.165, 1.54) is 37.9 Å². The topological polar surface area (TPSA) is 52.7 Å². The number of hydrogen-bond donors (Lipinski definition) is 3. The van der Waals surface area contributed by atoms with E-state index in [1.807, 2.05) is 6.20 Å². The Morgan fingerprint density at radius 2 is 2.37 bits per heavy atom. The molecule has 1 fully saturated rings. The Balaban J connectivity index is 1.59. The number of rotatable bonds is 4. The van der Waals surface area contributed by atoms with E-state index in [9.17, 15) is 0 Å². The zero-order valence-electron chi connectivity index (χ0n) is 11.4. The molecule has 2 atom stereocenters. The van der Waals surface area contributed by atoms with Crippen molar-refractivity contribution in [3.8, 4) is 0 Å². The smallest absolute Gasteiger partial charge is 0.0651 e. The Morgan fingerprint density at radius 3 is 3.21 bits per heavy atom. The highest BCUT2D eigenvalue weighted by Crippen LogP contribution is 2.19. The Hall–Kier alpha value is -1.55. The highest BCUT2D eigenvalue weighted by atomic mass is 15.1. The summed E-state index contributed by atoms with van der Waals surface area (Å²) in [5.41, 5.74) is 2.27. The Kier molecular flexibility index (Phi) is 3.69. The maximum atomic E-state index is 4.05. The van der Waals surface area contributed by atoms with Crippen molar-refractivity contribution in [2.24, 2.45) is 0 Å². The molecule has 0 saturated carbocycles. The maximum Gasteiger partial charge on any atom is 0.0651 e. The van der Waals surface area contributed by atoms with Gasteiger partial charge in [-0.05, 0) is 50.9 Å². The minimum absolute atomic E-state index is 0.486. The zero-order chi connectivity index (χ0) is 13.1. The molecule has 3 N–H and O–H groups in total. The molecule has 0 radical (unpaired) electrons. The Labute approximate surface area is 114 Å². The standard InChI is InChI=1S/C15H22N4/c1-11(8-13-4-2-3-7-16-13)18-14-5-6-15-12(9-14)10-17-19-15/h5-6,9-11,13,16,18H,2-4,7-8H2,1H3,(H,17,19). The van der Waals surface area contributed by atoms with E-state index in [-0.39, 0.29) is 0 Å². The number of aromatic amines is 1. The van der Waals surface area contributed by atoms with Gasteiger partial charge < -0.3 is 10.6 Å². The van der Waals surface area contributed by atoms with Crippen LogP contribution in [-0.2, 0) is 0 Å². The molecule has 0 amide bonds. The molecule has 19 heavy (non-hydrogen) atoms. The van der Waals surface area contributed by atoms with Crippen molar-refractivity contribution in [1.29, 1.82) is 0 Å². The van der Waals surface area contributed by atoms with Gasteiger partial charge in [-0.1, -0.05) is 6.42 Å². The summed E-state index contributed by atoms with van der Waals surface area (Å²) in [7, 11) is 0. The van der Waals surface area contributed by atoms with Gasteiger partial charge in [0.2, 0.25) is 0 Å². The van der Waals surface area contributed by atoms with Crippen LogP contribution in [0.25, 0.3) is 10.9 Å². The van der Waals surface area contributed by atoms with E-state index in [2.05, 4.69) is 46.0 Å². The molecule has 1 aromatic heterocycles. The summed E-state index contributed by atoms with van der Waals surface area (Å²) in [5, 5.41) is 15.4. The van der Waals surface area contributed by atoms with Crippen molar-refractivity contribution >= 4 is 16.6 Å². The summed E-state index contributed by atoms with van der Waals surface area (Å²) >= 11 is 0. The average Bonchev–Trinajstić information content (AvgIpc) is 2.87. The van der Waals surface area contributed by atoms with Crippen LogP contribution in [0.5, 0.6) is 0 Å². The highest BCUT2D eigenvalue weighted by Gasteiger charge is 2.15. The van der Waals surface area contributed by atoms with E-state index in [4.69, 9.17) is 0 Å². The van der Waals surface area contributed by atoms with Crippen LogP contribution in [0.1, 0.15) is 32.6 Å². The minimum atomic E-state index is 0.486. The number of aromatic nitrogens is 2. The minimum Gasteiger partial charge on any atom is -0.383 e. The SMILES string of the molecule is CC(CC1CCCCN1)Nc1ccc2[nH]ncc2c1. The largest absolute Gasteiger partial charge is 0.383 e. The fraction of sp³-hybridized carbons (Fsp3) is 0.533. The maximum absolute atomic E-state index is 4.05. The van der Waals surface area contributed by atoms with Gasteiger partial charge in [-0.25, -0.2) is 0 Å². The summed E-state index contributed by atoms with van der Waals surface area (Å²) < 4.78 is 0. The third kappa shape index (κ3) is 3.07. The van der Waals surface area contributed by atoms with E-state index < -0.39 is 0 Å². The molecule has 3 rings (SSSR count). The van der Waals surface area contributed by atoms with Crippen molar-refractivity contribution in [3.05, 3.63) is 24.4 Å². The van der Waals surface area contributed by atoms with Crippen molar-refractivity contribution in [2.45, 2.75) is 44.7 Å². The normalized spacial score (nSPS) is 21.4. The van der Waals surface area contributed by atoms with Crippen LogP contribution in [0, 0.1) is 0 Å². The number of benzene rings is 1. The number of nitrogens with zero attached hydrogens (tertiary/aromatic N) is 1. The van der Waals surface area contributed by atoms with E-state index in [1.54, 1.807) is 0 Å². The first kappa shape index (κ1) is 12.5. The first-order valence-electron chi connectivity index (χ1n) is 7.24. The summed E-state index contributed by atoms with van der Waals surface area (Å²) in [6, 6.07) is 7.51. The van der Waals surface area contributed by atoms with E-state index in [0.29, 0.717) is 12.1 Å². The van der Waals surface area contributed by atoms with Crippen LogP contribution in [0.4, 0.5) is 5.69 Å². The summed E-state index contributed by atoms with van der Waals surface area (Å²) in [5.74, 6) is 0. The van der Waals surface area contributed by atoms with Crippen molar-refractivity contribution in [3.63, 3.8) is 0 Å². The van der Waals surface area contributed by atoms with Gasteiger partial charge in [-0.3, -0.25) is 5.10 Å². The lowest BCUT2D eigenvalue weighted by Gasteiger charge is -2.27. The number of piperidine rings is 1. The van der Waals surface area contributed by atoms with Gasteiger partial charge in [0.05, 0.1) is 11.7 Å². The molecular weight excluding hydrogens is 236 g/mol. The summed E-state index contributed by atoms with van der Waals surface area (Å²) in [6.07, 6.45) is 7.06. The molecule has 2 unspecified atom stereocenters. The number of fused-ring (bicyclic) bond motifs is 1. The third-order valence-corrected chi connectivity index (χ3v) is 3.90. The van der Waals surface area contributed by atoms with E-state index in [0.717, 1.165) is 10.9 Å². The van der Waals surface area contributed by atoms with Crippen LogP contribution in [0.2, 0.25) is 0 Å². The van der Waals surface area contributed by atoms with Crippen LogP contribution >= 0.6 is 0 Å². The van der Waals surface area contributed by atoms with Gasteiger partial charge in [0.15, 0.2) is 0 Å². The third-order valence-electron chi connectivity index (χ3n) is 3.90. The van der Waals surface area contributed by atoms with Crippen LogP contribution < -0.4 is 10.6 Å². The van der Waals surface area contributed by atoms with Gasteiger partial charge in [0.25, 0.3) is 0 Å². The quantitative estimate of drug-likeness (QED) is 0.790. The average molecular weight is 258 g/mol. The lowest BCUT2D eigenvalue weighted by molar-refractivity contribution is 0.371. The van der Waals surface area contributed by atoms with E-state index >= 15 is 0 Å². The second kappa shape index (κ2) is 5.61. The zero-order valence-corrected chi connectivity index (χ0v) is 11.4. The molecule has 0 aliphatic carbocycles. The second-order valence-corrected chi connectivity index (χ2v) is 5.60. The second-order valence-electron chi connectivity index (χ2n) is 5.60. The molecule has 1 saturated heterocycles. The Morgan fingerprint density at radius 1 is 1.42 bits per heavy atom. The number of H-pyrrole nitrogens is 1. The van der Waals surface area contributed by atoms with Crippen LogP contribution in [0.3, 0.4) is 0 Å². The predicted molar refractivity (Wildman–Crippen MR) is 79.4 cm³/mol. The van der Waals surface area contributed by atoms with Gasteiger partial charge in [-0.2, -0.15) is 5.10 Å². The molecule has 1 aliphatic heterocycles. The fourth-order valence-electron chi connectivity index (χ4n) is 2.93. The van der Waals surface area contributed by atoms with Crippen molar-refractivity contribution in [2.75, 3.05) is 11.9 Å². The van der Waals surface area contributed by atoms with Crippen molar-refractivity contribution in [1.82, 2.24) is 15.5 Å². The van der Waals surface area contributed by atoms with Crippen LogP contribution in [-0.4, -0.2) is 28.8 Å². The van der Waals surface area contributed by atoms with Gasteiger partial charge in [0.1, 0.15) is 0 Å². The first-order valence-corrected chi connectivity index (χ1v) is 7.24. The number of nitrogens with one attached hydrogen (secondary N) is 3. The number of anilines is 1. The van der Waals surface area contributed by atoms with Gasteiger partial charge in [0, 0.05) is 23.2 Å². The molecule has 2 aromatic rings. The molecular formula is C15H22N4. The fourth-order valence-corrected chi connectivity index (χ4v) is 2.93. The monoisotopic (exact) mass is 258 g/mol. The molecule has 4 heteroatoms. The first-order chi connectivity index (χ1) is 9.31. The van der Waals surface area contributed by atoms with Gasteiger partial charge in [-0.15, -0.1) is 0 Å². The van der Waals surface area contributed by atoms with Gasteiger partial charge >= 0.3 is 0 Å². The molecule has 1 aliphatic rings. The molecule has 2 heterocycles. The predicted octanol–water partition coefficient (Wildman–Crippen LogP) is 2.90. The summed E-state index contributed by atoms with van der Waals surface area (Å²) in [4.78, 5) is 0. The molecule has 0 bridgehead atoms. The van der Waals surface area contributed by atoms with Crippen LogP contribution in [0.15, 0.2) is 24.4 Å². The Bertz CT molecular complexity index is 528. The molecule has 0 spiro atoms. The molecule has 102 valence electrons. The summed E-state index contributed by atoms with van der Waals surface area (Å²) in [6.45, 7) is 3.44. The lowest BCUT2D eigenvalue weighted by Crippen LogP contribution is -2.37. The molecule has 1 aromatic carbocycles. The highest BCUT2D eigenvalue weighted by molar-refractivity contribution is 5.81. The number of hydrogen-bond acceptors (Lipinski definition) is 3. The molecule has 4 nitrogen and oxygen atoms in total. The van der Waals surface area contributed by atoms with Crippen molar-refractivity contribution < 1.29 is 0 Å². The lowest BCUT2D eigenvalue weighted by atomic mass is 9.98.